The molecule has 2 aromatic heterocycles. The van der Waals surface area contributed by atoms with E-state index in [0.717, 1.165) is 23.4 Å². The van der Waals surface area contributed by atoms with E-state index in [-0.39, 0.29) is 30.1 Å². The maximum atomic E-state index is 13.8. The van der Waals surface area contributed by atoms with E-state index in [2.05, 4.69) is 10.4 Å². The van der Waals surface area contributed by atoms with Crippen LogP contribution in [0.5, 0.6) is 0 Å². The van der Waals surface area contributed by atoms with Crippen LogP contribution in [0.2, 0.25) is 0 Å². The van der Waals surface area contributed by atoms with Crippen LogP contribution in [-0.4, -0.2) is 58.7 Å². The first-order chi connectivity index (χ1) is 15.7. The summed E-state index contributed by atoms with van der Waals surface area (Å²) in [4.78, 5) is 26.8. The second-order valence-corrected chi connectivity index (χ2v) is 9.25. The lowest BCUT2D eigenvalue weighted by atomic mass is 10.1. The summed E-state index contributed by atoms with van der Waals surface area (Å²) in [6.07, 6.45) is -2.46. The van der Waals surface area contributed by atoms with Crippen LogP contribution >= 0.6 is 0 Å². The standard InChI is InChI=1S/C23H27F3N4O3/c1-3-15-18-8-14(13-4-5-13)9-19(23(24,25)26)30(18)28-20(15)22(32)27-6-7-29(12(2)31)21-16-10-33-11-17(16)21/h8-9,13,16-17,21H,3-7,10-11H2,1-2H3,(H,27,32). The number of alkyl halides is 3. The van der Waals surface area contributed by atoms with Gasteiger partial charge in [-0.3, -0.25) is 9.59 Å². The summed E-state index contributed by atoms with van der Waals surface area (Å²) in [7, 11) is 0. The fourth-order valence-corrected chi connectivity index (χ4v) is 5.16. The molecular weight excluding hydrogens is 437 g/mol. The number of nitrogens with zero attached hydrogens (tertiary/aromatic N) is 3. The number of rotatable bonds is 7. The van der Waals surface area contributed by atoms with Crippen molar-refractivity contribution in [2.24, 2.45) is 11.8 Å². The average Bonchev–Trinajstić information content (AvgIpc) is 3.63. The molecule has 1 aliphatic heterocycles. The number of nitrogens with one attached hydrogen (secondary N) is 1. The molecule has 0 bridgehead atoms. The van der Waals surface area contributed by atoms with Gasteiger partial charge in [0.2, 0.25) is 5.91 Å². The number of halogens is 3. The van der Waals surface area contributed by atoms with Crippen LogP contribution in [0.3, 0.4) is 0 Å². The van der Waals surface area contributed by atoms with E-state index in [1.54, 1.807) is 17.9 Å². The number of carbonyl (C=O) groups excluding carboxylic acids is 2. The van der Waals surface area contributed by atoms with Gasteiger partial charge in [-0.2, -0.15) is 18.3 Å². The van der Waals surface area contributed by atoms with Gasteiger partial charge in [-0.25, -0.2) is 4.52 Å². The van der Waals surface area contributed by atoms with Crippen molar-refractivity contribution in [3.05, 3.63) is 34.6 Å². The summed E-state index contributed by atoms with van der Waals surface area (Å²) in [6, 6.07) is 3.03. The number of aryl methyl sites for hydroxylation is 1. The Morgan fingerprint density at radius 1 is 1.24 bits per heavy atom. The lowest BCUT2D eigenvalue weighted by Gasteiger charge is -2.23. The van der Waals surface area contributed by atoms with Gasteiger partial charge in [-0.15, -0.1) is 0 Å². The Kier molecular flexibility index (Phi) is 5.38. The number of hydrogen-bond donors (Lipinski definition) is 1. The fourth-order valence-electron chi connectivity index (χ4n) is 5.16. The molecule has 2 aliphatic carbocycles. The number of amides is 2. The van der Waals surface area contributed by atoms with E-state index in [0.29, 0.717) is 54.7 Å². The number of pyridine rings is 1. The average molecular weight is 464 g/mol. The fraction of sp³-hybridized carbons (Fsp3) is 0.609. The Balaban J connectivity index is 1.36. The molecule has 2 saturated carbocycles. The highest BCUT2D eigenvalue weighted by Gasteiger charge is 2.57. The summed E-state index contributed by atoms with van der Waals surface area (Å²) in [5, 5.41) is 6.84. The van der Waals surface area contributed by atoms with Crippen molar-refractivity contribution in [3.8, 4) is 0 Å². The topological polar surface area (TPSA) is 75.9 Å². The van der Waals surface area contributed by atoms with Gasteiger partial charge in [0, 0.05) is 43.5 Å². The predicted octanol–water partition coefficient (Wildman–Crippen LogP) is 3.02. The van der Waals surface area contributed by atoms with Crippen LogP contribution in [0.1, 0.15) is 59.9 Å². The Bertz CT molecular complexity index is 1100. The van der Waals surface area contributed by atoms with Crippen LogP contribution in [0.4, 0.5) is 13.2 Å². The lowest BCUT2D eigenvalue weighted by Crippen LogP contribution is -2.41. The maximum Gasteiger partial charge on any atom is 0.433 e. The third-order valence-electron chi connectivity index (χ3n) is 7.08. The van der Waals surface area contributed by atoms with Crippen molar-refractivity contribution < 1.29 is 27.5 Å². The third kappa shape index (κ3) is 3.98. The number of fused-ring (bicyclic) bond motifs is 2. The smallest absolute Gasteiger partial charge is 0.381 e. The Labute approximate surface area is 189 Å². The first-order valence-electron chi connectivity index (χ1n) is 11.5. The van der Waals surface area contributed by atoms with Crippen LogP contribution in [0.25, 0.3) is 5.52 Å². The van der Waals surface area contributed by atoms with Gasteiger partial charge in [0.25, 0.3) is 5.91 Å². The third-order valence-corrected chi connectivity index (χ3v) is 7.08. The van der Waals surface area contributed by atoms with Gasteiger partial charge < -0.3 is 15.0 Å². The zero-order valence-corrected chi connectivity index (χ0v) is 18.6. The van der Waals surface area contributed by atoms with Gasteiger partial charge in [0.15, 0.2) is 5.69 Å². The van der Waals surface area contributed by atoms with Crippen LogP contribution in [-0.2, 0) is 22.1 Å². The number of ether oxygens (including phenoxy) is 1. The molecule has 3 aliphatic rings. The molecule has 5 rings (SSSR count). The van der Waals surface area contributed by atoms with Crippen molar-refractivity contribution in [3.63, 3.8) is 0 Å². The van der Waals surface area contributed by atoms with Crippen molar-refractivity contribution in [1.82, 2.24) is 19.8 Å². The molecular formula is C23H27F3N4O3. The Hall–Kier alpha value is -2.62. The minimum absolute atomic E-state index is 0.00186. The van der Waals surface area contributed by atoms with Gasteiger partial charge >= 0.3 is 6.18 Å². The molecule has 0 spiro atoms. The number of carbonyl (C=O) groups is 2. The normalized spacial score (nSPS) is 24.1. The van der Waals surface area contributed by atoms with Crippen molar-refractivity contribution in [1.29, 1.82) is 0 Å². The van der Waals surface area contributed by atoms with Crippen LogP contribution in [0.15, 0.2) is 12.1 Å². The molecule has 2 aromatic rings. The zero-order chi connectivity index (χ0) is 23.5. The summed E-state index contributed by atoms with van der Waals surface area (Å²) < 4.78 is 47.5. The number of hydrogen-bond acceptors (Lipinski definition) is 4. The molecule has 7 nitrogen and oxygen atoms in total. The van der Waals surface area contributed by atoms with E-state index in [1.165, 1.54) is 6.92 Å². The van der Waals surface area contributed by atoms with E-state index in [1.807, 2.05) is 0 Å². The van der Waals surface area contributed by atoms with Crippen molar-refractivity contribution in [2.75, 3.05) is 26.3 Å². The lowest BCUT2D eigenvalue weighted by molar-refractivity contribution is -0.142. The molecule has 2 atom stereocenters. The molecule has 2 amide bonds. The highest BCUT2D eigenvalue weighted by Crippen LogP contribution is 2.47. The zero-order valence-electron chi connectivity index (χ0n) is 18.6. The molecule has 3 fully saturated rings. The molecule has 178 valence electrons. The highest BCUT2D eigenvalue weighted by atomic mass is 19.4. The van der Waals surface area contributed by atoms with Crippen molar-refractivity contribution >= 4 is 17.3 Å². The second-order valence-electron chi connectivity index (χ2n) is 9.25. The summed E-state index contributed by atoms with van der Waals surface area (Å²) in [5.74, 6) is 0.262. The predicted molar refractivity (Wildman–Crippen MR) is 113 cm³/mol. The van der Waals surface area contributed by atoms with Gasteiger partial charge in [-0.05, 0) is 42.9 Å². The van der Waals surface area contributed by atoms with E-state index < -0.39 is 17.8 Å². The minimum Gasteiger partial charge on any atom is -0.381 e. The molecule has 1 saturated heterocycles. The molecule has 3 heterocycles. The monoisotopic (exact) mass is 464 g/mol. The quantitative estimate of drug-likeness (QED) is 0.684. The van der Waals surface area contributed by atoms with Gasteiger partial charge in [0.05, 0.1) is 18.7 Å². The largest absolute Gasteiger partial charge is 0.433 e. The van der Waals surface area contributed by atoms with E-state index in [4.69, 9.17) is 4.74 Å². The summed E-state index contributed by atoms with van der Waals surface area (Å²) in [5.41, 5.74) is 0.615. The molecule has 0 radical (unpaired) electrons. The van der Waals surface area contributed by atoms with E-state index >= 15 is 0 Å². The minimum atomic E-state index is -4.58. The SMILES string of the molecule is CCc1c(C(=O)NCCN(C(C)=O)C2C3COCC32)nn2c(C(F)(F)F)cc(C3CC3)cc12. The molecule has 33 heavy (non-hydrogen) atoms. The molecule has 0 aromatic carbocycles. The van der Waals surface area contributed by atoms with E-state index in [9.17, 15) is 22.8 Å². The molecule has 10 heteroatoms. The first-order valence-corrected chi connectivity index (χ1v) is 11.5. The Morgan fingerprint density at radius 3 is 2.52 bits per heavy atom. The second kappa shape index (κ2) is 8.00. The van der Waals surface area contributed by atoms with Gasteiger partial charge in [0.1, 0.15) is 5.69 Å². The number of aromatic nitrogens is 2. The molecule has 2 unspecified atom stereocenters. The summed E-state index contributed by atoms with van der Waals surface area (Å²) in [6.45, 7) is 5.15. The maximum absolute atomic E-state index is 13.8. The molecule has 1 N–H and O–H groups in total. The van der Waals surface area contributed by atoms with Crippen LogP contribution in [0, 0.1) is 11.8 Å². The Morgan fingerprint density at radius 2 is 1.94 bits per heavy atom. The van der Waals surface area contributed by atoms with Crippen molar-refractivity contribution in [2.45, 2.75) is 51.2 Å². The summed E-state index contributed by atoms with van der Waals surface area (Å²) >= 11 is 0. The first kappa shape index (κ1) is 22.2. The van der Waals surface area contributed by atoms with Gasteiger partial charge in [-0.1, -0.05) is 6.92 Å². The highest BCUT2D eigenvalue weighted by molar-refractivity contribution is 5.96. The van der Waals surface area contributed by atoms with Crippen LogP contribution < -0.4 is 5.32 Å².